The topological polar surface area (TPSA) is 47.3 Å². The predicted molar refractivity (Wildman–Crippen MR) is 70.9 cm³/mol. The summed E-state index contributed by atoms with van der Waals surface area (Å²) in [6, 6.07) is 0.615. The third-order valence-electron chi connectivity index (χ3n) is 4.70. The van der Waals surface area contributed by atoms with Crippen LogP contribution in [-0.2, 0) is 4.74 Å². The van der Waals surface area contributed by atoms with Crippen LogP contribution >= 0.6 is 0 Å². The molecule has 3 N–H and O–H groups in total. The van der Waals surface area contributed by atoms with Crippen molar-refractivity contribution in [1.82, 2.24) is 5.32 Å². The third-order valence-corrected chi connectivity index (χ3v) is 4.70. The highest BCUT2D eigenvalue weighted by molar-refractivity contribution is 4.79. The van der Waals surface area contributed by atoms with Crippen molar-refractivity contribution in [3.05, 3.63) is 0 Å². The van der Waals surface area contributed by atoms with Gasteiger partial charge in [-0.3, -0.25) is 0 Å². The van der Waals surface area contributed by atoms with E-state index in [9.17, 15) is 0 Å². The van der Waals surface area contributed by atoms with Crippen molar-refractivity contribution in [2.24, 2.45) is 23.5 Å². The Labute approximate surface area is 105 Å². The number of nitrogens with one attached hydrogen (secondary N) is 1. The molecule has 3 heteroatoms. The molecule has 17 heavy (non-hydrogen) atoms. The zero-order valence-corrected chi connectivity index (χ0v) is 11.2. The SMILES string of the molecule is CC(NCC1CCC(CN)CC1)C1CCOC1. The summed E-state index contributed by atoms with van der Waals surface area (Å²) in [7, 11) is 0. The summed E-state index contributed by atoms with van der Waals surface area (Å²) in [5.74, 6) is 2.41. The average Bonchev–Trinajstić information content (AvgIpc) is 2.90. The fraction of sp³-hybridized carbons (Fsp3) is 1.00. The van der Waals surface area contributed by atoms with E-state index in [0.29, 0.717) is 6.04 Å². The first-order valence-corrected chi connectivity index (χ1v) is 7.30. The number of nitrogens with two attached hydrogens (primary N) is 1. The Kier molecular flexibility index (Phi) is 5.26. The minimum atomic E-state index is 0.615. The van der Waals surface area contributed by atoms with Gasteiger partial charge in [-0.2, -0.15) is 0 Å². The molecule has 1 saturated carbocycles. The van der Waals surface area contributed by atoms with Crippen molar-refractivity contribution in [3.63, 3.8) is 0 Å². The Balaban J connectivity index is 1.61. The summed E-state index contributed by atoms with van der Waals surface area (Å²) in [5.41, 5.74) is 5.72. The standard InChI is InChI=1S/C14H28N2O/c1-11(14-6-7-17-10-14)16-9-13-4-2-12(8-15)3-5-13/h11-14,16H,2-10,15H2,1H3. The van der Waals surface area contributed by atoms with Crippen LogP contribution in [0.3, 0.4) is 0 Å². The average molecular weight is 240 g/mol. The molecule has 3 nitrogen and oxygen atoms in total. The minimum Gasteiger partial charge on any atom is -0.381 e. The molecule has 2 atom stereocenters. The van der Waals surface area contributed by atoms with Gasteiger partial charge in [0.15, 0.2) is 0 Å². The molecular formula is C14H28N2O. The molecule has 2 rings (SSSR count). The van der Waals surface area contributed by atoms with Crippen LogP contribution in [0.5, 0.6) is 0 Å². The highest BCUT2D eigenvalue weighted by Gasteiger charge is 2.24. The van der Waals surface area contributed by atoms with E-state index in [1.807, 2.05) is 0 Å². The lowest BCUT2D eigenvalue weighted by molar-refractivity contribution is 0.176. The van der Waals surface area contributed by atoms with E-state index < -0.39 is 0 Å². The van der Waals surface area contributed by atoms with Gasteiger partial charge in [0, 0.05) is 12.6 Å². The highest BCUT2D eigenvalue weighted by atomic mass is 16.5. The lowest BCUT2D eigenvalue weighted by Crippen LogP contribution is -2.38. The molecule has 2 unspecified atom stereocenters. The Morgan fingerprint density at radius 3 is 2.47 bits per heavy atom. The molecule has 0 aromatic carbocycles. The van der Waals surface area contributed by atoms with Crippen molar-refractivity contribution in [2.45, 2.75) is 45.1 Å². The van der Waals surface area contributed by atoms with Gasteiger partial charge in [-0.1, -0.05) is 0 Å². The van der Waals surface area contributed by atoms with Crippen LogP contribution < -0.4 is 11.1 Å². The van der Waals surface area contributed by atoms with E-state index in [1.54, 1.807) is 0 Å². The van der Waals surface area contributed by atoms with Gasteiger partial charge in [-0.25, -0.2) is 0 Å². The molecule has 1 heterocycles. The van der Waals surface area contributed by atoms with Crippen molar-refractivity contribution in [3.8, 4) is 0 Å². The lowest BCUT2D eigenvalue weighted by Gasteiger charge is -2.29. The van der Waals surface area contributed by atoms with Gasteiger partial charge in [0.05, 0.1) is 6.61 Å². The molecule has 0 aromatic heterocycles. The summed E-state index contributed by atoms with van der Waals surface area (Å²) in [5, 5.41) is 3.72. The first kappa shape index (κ1) is 13.3. The molecule has 0 spiro atoms. The van der Waals surface area contributed by atoms with Gasteiger partial charge in [0.1, 0.15) is 0 Å². The quantitative estimate of drug-likeness (QED) is 0.770. The van der Waals surface area contributed by atoms with Gasteiger partial charge < -0.3 is 15.8 Å². The number of rotatable bonds is 5. The molecule has 1 aliphatic carbocycles. The van der Waals surface area contributed by atoms with Crippen molar-refractivity contribution in [1.29, 1.82) is 0 Å². The second-order valence-corrected chi connectivity index (χ2v) is 5.94. The summed E-state index contributed by atoms with van der Waals surface area (Å²) < 4.78 is 5.44. The molecule has 100 valence electrons. The first-order chi connectivity index (χ1) is 8.29. The van der Waals surface area contributed by atoms with E-state index in [4.69, 9.17) is 10.5 Å². The zero-order chi connectivity index (χ0) is 12.1. The maximum absolute atomic E-state index is 5.72. The summed E-state index contributed by atoms with van der Waals surface area (Å²) >= 11 is 0. The second-order valence-electron chi connectivity index (χ2n) is 5.94. The van der Waals surface area contributed by atoms with E-state index in [1.165, 1.54) is 38.6 Å². The molecule has 0 bridgehead atoms. The van der Waals surface area contributed by atoms with Crippen LogP contribution in [0.25, 0.3) is 0 Å². The number of hydrogen-bond acceptors (Lipinski definition) is 3. The van der Waals surface area contributed by atoms with Crippen LogP contribution in [0, 0.1) is 17.8 Å². The summed E-state index contributed by atoms with van der Waals surface area (Å²) in [4.78, 5) is 0. The van der Waals surface area contributed by atoms with E-state index in [0.717, 1.165) is 37.5 Å². The largest absolute Gasteiger partial charge is 0.381 e. The molecule has 0 radical (unpaired) electrons. The molecule has 0 amide bonds. The Morgan fingerprint density at radius 1 is 1.18 bits per heavy atom. The molecule has 2 fully saturated rings. The predicted octanol–water partition coefficient (Wildman–Crippen LogP) is 1.77. The molecule has 2 aliphatic rings. The molecular weight excluding hydrogens is 212 g/mol. The van der Waals surface area contributed by atoms with Crippen LogP contribution in [0.1, 0.15) is 39.0 Å². The monoisotopic (exact) mass is 240 g/mol. The summed E-state index contributed by atoms with van der Waals surface area (Å²) in [6.07, 6.45) is 6.63. The summed E-state index contributed by atoms with van der Waals surface area (Å²) in [6.45, 7) is 6.29. The van der Waals surface area contributed by atoms with Gasteiger partial charge in [-0.15, -0.1) is 0 Å². The second kappa shape index (κ2) is 6.72. The van der Waals surface area contributed by atoms with Crippen LogP contribution in [-0.4, -0.2) is 32.3 Å². The Bertz CT molecular complexity index is 208. The fourth-order valence-electron chi connectivity index (χ4n) is 3.14. The smallest absolute Gasteiger partial charge is 0.0509 e. The maximum Gasteiger partial charge on any atom is 0.0509 e. The van der Waals surface area contributed by atoms with Gasteiger partial charge in [0.2, 0.25) is 0 Å². The van der Waals surface area contributed by atoms with E-state index in [2.05, 4.69) is 12.2 Å². The minimum absolute atomic E-state index is 0.615. The third kappa shape index (κ3) is 3.94. The normalized spacial score (nSPS) is 36.0. The lowest BCUT2D eigenvalue weighted by atomic mass is 9.82. The Hall–Kier alpha value is -0.120. The van der Waals surface area contributed by atoms with Crippen LogP contribution in [0.15, 0.2) is 0 Å². The molecule has 0 aromatic rings. The van der Waals surface area contributed by atoms with E-state index in [-0.39, 0.29) is 0 Å². The van der Waals surface area contributed by atoms with Crippen molar-refractivity contribution < 1.29 is 4.74 Å². The Morgan fingerprint density at radius 2 is 1.88 bits per heavy atom. The number of hydrogen-bond donors (Lipinski definition) is 2. The van der Waals surface area contributed by atoms with Gasteiger partial charge in [-0.05, 0) is 69.9 Å². The number of ether oxygens (including phenoxy) is 1. The first-order valence-electron chi connectivity index (χ1n) is 7.30. The highest BCUT2D eigenvalue weighted by Crippen LogP contribution is 2.28. The van der Waals surface area contributed by atoms with Crippen molar-refractivity contribution in [2.75, 3.05) is 26.3 Å². The van der Waals surface area contributed by atoms with Gasteiger partial charge in [0.25, 0.3) is 0 Å². The van der Waals surface area contributed by atoms with Gasteiger partial charge >= 0.3 is 0 Å². The maximum atomic E-state index is 5.72. The molecule has 1 saturated heterocycles. The van der Waals surface area contributed by atoms with Crippen LogP contribution in [0.4, 0.5) is 0 Å². The van der Waals surface area contributed by atoms with Crippen LogP contribution in [0.2, 0.25) is 0 Å². The van der Waals surface area contributed by atoms with Crippen molar-refractivity contribution >= 4 is 0 Å². The zero-order valence-electron chi connectivity index (χ0n) is 11.2. The molecule has 1 aliphatic heterocycles. The fourth-order valence-corrected chi connectivity index (χ4v) is 3.14. The van der Waals surface area contributed by atoms with E-state index >= 15 is 0 Å².